The van der Waals surface area contributed by atoms with Crippen molar-refractivity contribution in [2.24, 2.45) is 0 Å². The molecule has 8 nitrogen and oxygen atoms in total. The van der Waals surface area contributed by atoms with Crippen LogP contribution in [-0.4, -0.2) is 76.1 Å². The van der Waals surface area contributed by atoms with E-state index < -0.39 is 7.82 Å². The Morgan fingerprint density at radius 2 is 1.21 bits per heavy atom. The van der Waals surface area contributed by atoms with Crippen LogP contribution < -0.4 is 0 Å². The molecule has 9 heteroatoms. The van der Waals surface area contributed by atoms with Crippen LogP contribution in [0.3, 0.4) is 0 Å². The summed E-state index contributed by atoms with van der Waals surface area (Å²) < 4.78 is 14.6. The monoisotopic (exact) mass is 373 g/mol. The highest BCUT2D eigenvalue weighted by atomic mass is 31.2. The average Bonchev–Trinajstić information content (AvgIpc) is 2.50. The van der Waals surface area contributed by atoms with E-state index in [1.54, 1.807) is 4.90 Å². The van der Waals surface area contributed by atoms with Crippen LogP contribution in [0.1, 0.15) is 51.9 Å². The minimum atomic E-state index is -4.23. The predicted molar refractivity (Wildman–Crippen MR) is 93.7 cm³/mol. The van der Waals surface area contributed by atoms with Gasteiger partial charge in [-0.05, 0) is 6.42 Å². The van der Waals surface area contributed by atoms with E-state index in [9.17, 15) is 4.57 Å². The first kappa shape index (κ1) is 26.2. The molecule has 0 heterocycles. The van der Waals surface area contributed by atoms with Gasteiger partial charge in [-0.15, -0.1) is 0 Å². The molecule has 5 N–H and O–H groups in total. The zero-order valence-electron chi connectivity index (χ0n) is 14.8. The molecule has 0 aliphatic carbocycles. The second-order valence-electron chi connectivity index (χ2n) is 5.46. The first-order valence-electron chi connectivity index (χ1n) is 8.66. The topological polar surface area (TPSA) is 131 Å². The number of unbranched alkanes of at least 4 members (excludes halogenated alkanes) is 6. The maximum Gasteiger partial charge on any atom is 0.469 e. The van der Waals surface area contributed by atoms with Crippen molar-refractivity contribution in [2.45, 2.75) is 51.9 Å². The summed E-state index contributed by atoms with van der Waals surface area (Å²) in [7, 11) is -4.23. The zero-order chi connectivity index (χ0) is 18.7. The highest BCUT2D eigenvalue weighted by Crippen LogP contribution is 2.35. The van der Waals surface area contributed by atoms with E-state index in [1.165, 1.54) is 25.7 Å². The van der Waals surface area contributed by atoms with Crippen molar-refractivity contribution in [1.29, 1.82) is 0 Å². The Kier molecular flexibility index (Phi) is 21.0. The number of rotatable bonds is 15. The zero-order valence-corrected chi connectivity index (χ0v) is 15.7. The van der Waals surface area contributed by atoms with Crippen LogP contribution in [0.5, 0.6) is 0 Å². The number of aliphatic hydroxyl groups excluding tert-OH is 3. The molecule has 0 aromatic heterocycles. The van der Waals surface area contributed by atoms with Crippen LogP contribution in [0.4, 0.5) is 0 Å². The first-order valence-corrected chi connectivity index (χ1v) is 10.2. The SMILES string of the molecule is CCCCCCCCCOP(=O)(O)O.OCCN(CCO)CCO. The minimum Gasteiger partial charge on any atom is -0.395 e. The molecule has 148 valence electrons. The molecular formula is C15H36NO7P. The normalized spacial score (nSPS) is 11.5. The van der Waals surface area contributed by atoms with Gasteiger partial charge in [0.15, 0.2) is 0 Å². The van der Waals surface area contributed by atoms with E-state index in [2.05, 4.69) is 11.4 Å². The molecule has 0 saturated heterocycles. The van der Waals surface area contributed by atoms with Crippen molar-refractivity contribution >= 4 is 7.82 Å². The van der Waals surface area contributed by atoms with Gasteiger partial charge in [0.2, 0.25) is 0 Å². The summed E-state index contributed by atoms with van der Waals surface area (Å²) in [6.07, 6.45) is 7.84. The quantitative estimate of drug-likeness (QED) is 0.213. The Hall–Kier alpha value is -0.0500. The second-order valence-corrected chi connectivity index (χ2v) is 6.70. The Morgan fingerprint density at radius 1 is 0.792 bits per heavy atom. The summed E-state index contributed by atoms with van der Waals surface area (Å²) in [6.45, 7) is 4.09. The van der Waals surface area contributed by atoms with Gasteiger partial charge in [-0.1, -0.05) is 45.4 Å². The largest absolute Gasteiger partial charge is 0.469 e. The number of aliphatic hydroxyl groups is 3. The molecule has 0 aromatic carbocycles. The third-order valence-electron chi connectivity index (χ3n) is 3.26. The van der Waals surface area contributed by atoms with Gasteiger partial charge in [-0.3, -0.25) is 9.42 Å². The highest BCUT2D eigenvalue weighted by Gasteiger charge is 2.12. The van der Waals surface area contributed by atoms with Crippen molar-refractivity contribution in [3.8, 4) is 0 Å². The van der Waals surface area contributed by atoms with Crippen molar-refractivity contribution in [3.63, 3.8) is 0 Å². The maximum absolute atomic E-state index is 10.3. The maximum atomic E-state index is 10.3. The molecule has 0 aromatic rings. The summed E-state index contributed by atoms with van der Waals surface area (Å²) in [5, 5.41) is 25.5. The fourth-order valence-corrected chi connectivity index (χ4v) is 2.37. The van der Waals surface area contributed by atoms with Crippen LogP contribution in [0.25, 0.3) is 0 Å². The summed E-state index contributed by atoms with van der Waals surface area (Å²) in [5.74, 6) is 0. The van der Waals surface area contributed by atoms with E-state index in [4.69, 9.17) is 25.1 Å². The minimum absolute atomic E-state index is 0.0694. The van der Waals surface area contributed by atoms with E-state index >= 15 is 0 Å². The van der Waals surface area contributed by atoms with Crippen molar-refractivity contribution in [2.75, 3.05) is 46.1 Å². The molecule has 0 aliphatic rings. The van der Waals surface area contributed by atoms with E-state index in [1.807, 2.05) is 0 Å². The van der Waals surface area contributed by atoms with Crippen LogP contribution in [0.2, 0.25) is 0 Å². The number of phosphoric ester groups is 1. The lowest BCUT2D eigenvalue weighted by molar-refractivity contribution is 0.136. The lowest BCUT2D eigenvalue weighted by Gasteiger charge is -2.17. The van der Waals surface area contributed by atoms with Crippen molar-refractivity contribution < 1.29 is 34.2 Å². The molecule has 0 atom stereocenters. The molecule has 0 radical (unpaired) electrons. The number of phosphoric acid groups is 1. The van der Waals surface area contributed by atoms with Crippen LogP contribution in [-0.2, 0) is 9.09 Å². The summed E-state index contributed by atoms with van der Waals surface area (Å²) in [4.78, 5) is 18.6. The standard InChI is InChI=1S/C9H21O4P.C6H15NO3/c1-2-3-4-5-6-7-8-9-13-14(10,11)12;8-4-1-7(2-5-9)3-6-10/h2-9H2,1H3,(H2,10,11,12);8-10H,1-6H2. The third-order valence-corrected chi connectivity index (χ3v) is 3.77. The van der Waals surface area contributed by atoms with Crippen LogP contribution in [0, 0.1) is 0 Å². The van der Waals surface area contributed by atoms with Crippen LogP contribution in [0.15, 0.2) is 0 Å². The smallest absolute Gasteiger partial charge is 0.395 e. The fourth-order valence-electron chi connectivity index (χ4n) is 2.00. The third kappa shape index (κ3) is 24.2. The molecular weight excluding hydrogens is 337 g/mol. The van der Waals surface area contributed by atoms with Gasteiger partial charge in [0.05, 0.1) is 26.4 Å². The van der Waals surface area contributed by atoms with Gasteiger partial charge < -0.3 is 25.1 Å². The van der Waals surface area contributed by atoms with Crippen molar-refractivity contribution in [3.05, 3.63) is 0 Å². The molecule has 0 fully saturated rings. The lowest BCUT2D eigenvalue weighted by Crippen LogP contribution is -2.32. The summed E-state index contributed by atoms with van der Waals surface area (Å²) >= 11 is 0. The van der Waals surface area contributed by atoms with Gasteiger partial charge in [-0.25, -0.2) is 4.57 Å². The molecule has 0 amide bonds. The predicted octanol–water partition coefficient (Wildman–Crippen LogP) is 1.11. The lowest BCUT2D eigenvalue weighted by atomic mass is 10.1. The number of hydrogen-bond acceptors (Lipinski definition) is 6. The van der Waals surface area contributed by atoms with E-state index in [0.29, 0.717) is 19.6 Å². The average molecular weight is 373 g/mol. The molecule has 0 unspecified atom stereocenters. The summed E-state index contributed by atoms with van der Waals surface area (Å²) in [6, 6.07) is 0. The fraction of sp³-hybridized carbons (Fsp3) is 1.00. The molecule has 0 aliphatic heterocycles. The second kappa shape index (κ2) is 19.3. The first-order chi connectivity index (χ1) is 11.4. The molecule has 24 heavy (non-hydrogen) atoms. The van der Waals surface area contributed by atoms with E-state index in [0.717, 1.165) is 19.3 Å². The molecule has 0 rings (SSSR count). The Bertz CT molecular complexity index is 275. The van der Waals surface area contributed by atoms with Gasteiger partial charge in [0, 0.05) is 19.6 Å². The number of hydrogen-bond donors (Lipinski definition) is 5. The van der Waals surface area contributed by atoms with Gasteiger partial charge in [-0.2, -0.15) is 0 Å². The molecule has 0 saturated carbocycles. The highest BCUT2D eigenvalue weighted by molar-refractivity contribution is 7.46. The van der Waals surface area contributed by atoms with Gasteiger partial charge in [0.25, 0.3) is 0 Å². The van der Waals surface area contributed by atoms with Gasteiger partial charge in [0.1, 0.15) is 0 Å². The Morgan fingerprint density at radius 3 is 1.58 bits per heavy atom. The Balaban J connectivity index is 0. The van der Waals surface area contributed by atoms with Gasteiger partial charge >= 0.3 is 7.82 Å². The molecule has 0 spiro atoms. The van der Waals surface area contributed by atoms with Crippen molar-refractivity contribution in [1.82, 2.24) is 4.90 Å². The Labute approximate surface area is 145 Å². The van der Waals surface area contributed by atoms with E-state index in [-0.39, 0.29) is 26.4 Å². The van der Waals surface area contributed by atoms with Crippen LogP contribution >= 0.6 is 7.82 Å². The molecule has 0 bridgehead atoms. The number of nitrogens with zero attached hydrogens (tertiary/aromatic N) is 1. The summed E-state index contributed by atoms with van der Waals surface area (Å²) in [5.41, 5.74) is 0.